The fraction of sp³-hybridized carbons (Fsp3) is 0.143. The van der Waals surface area contributed by atoms with Crippen LogP contribution in [0.5, 0.6) is 0 Å². The summed E-state index contributed by atoms with van der Waals surface area (Å²) in [6.07, 6.45) is -19.4. The Labute approximate surface area is 234 Å². The summed E-state index contributed by atoms with van der Waals surface area (Å²) in [7, 11) is 5.59. The molecule has 0 aliphatic heterocycles. The molecule has 0 saturated carbocycles. The quantitative estimate of drug-likeness (QED) is 0.145. The zero-order valence-corrected chi connectivity index (χ0v) is 22.3. The molecule has 44 heavy (non-hydrogen) atoms. The van der Waals surface area contributed by atoms with Crippen molar-refractivity contribution in [3.63, 3.8) is 0 Å². The van der Waals surface area contributed by atoms with Gasteiger partial charge in [0, 0.05) is 0 Å². The van der Waals surface area contributed by atoms with E-state index in [1.54, 1.807) is 0 Å². The Bertz CT molecular complexity index is 1420. The first-order chi connectivity index (χ1) is 19.7. The van der Waals surface area contributed by atoms with Crippen LogP contribution in [0.4, 0.5) is 92.2 Å². The molecule has 0 heterocycles. The predicted molar refractivity (Wildman–Crippen MR) is 104 cm³/mol. The molecule has 3 aromatic carbocycles. The third-order valence-corrected chi connectivity index (χ3v) is 16.4. The molecule has 0 N–H and O–H groups in total. The molecule has 0 amide bonds. The molecule has 0 spiro atoms. The van der Waals surface area contributed by atoms with E-state index in [0.29, 0.717) is 0 Å². The molecule has 0 atom stereocenters. The van der Waals surface area contributed by atoms with E-state index in [4.69, 9.17) is 8.96 Å². The van der Waals surface area contributed by atoms with Gasteiger partial charge in [-0.05, 0) is 0 Å². The van der Waals surface area contributed by atoms with E-state index in [-0.39, 0.29) is 0 Å². The second-order valence-electron chi connectivity index (χ2n) is 7.91. The Morgan fingerprint density at radius 1 is 0.295 bits per heavy atom. The number of alkyl halides is 9. The van der Waals surface area contributed by atoms with Gasteiger partial charge in [0.05, 0.1) is 0 Å². The monoisotopic (exact) mass is 816 g/mol. The van der Waals surface area contributed by atoms with Crippen LogP contribution in [0.15, 0.2) is 0 Å². The average Bonchev–Trinajstić information content (AvgIpc) is 2.83. The number of hydrogen-bond donors (Lipinski definition) is 0. The number of benzene rings is 3. The van der Waals surface area contributed by atoms with Crippen LogP contribution in [-0.2, 0) is 18.5 Å². The summed E-state index contributed by atoms with van der Waals surface area (Å²) >= 11 is -8.73. The molecule has 0 aromatic heterocycles. The number of rotatable bonds is 3. The zero-order valence-electron chi connectivity index (χ0n) is 19.2. The first-order valence-electron chi connectivity index (χ1n) is 9.99. The molecule has 23 heteroatoms. The van der Waals surface area contributed by atoms with Gasteiger partial charge in [-0.15, -0.1) is 0 Å². The Balaban J connectivity index is 2.83. The van der Waals surface area contributed by atoms with Gasteiger partial charge in [-0.2, -0.15) is 0 Å². The minimum atomic E-state index is -8.73. The first kappa shape index (κ1) is 35.7. The Kier molecular flexibility index (Phi) is 8.90. The first-order valence-corrected chi connectivity index (χ1v) is 16.4. The molecule has 3 aromatic rings. The van der Waals surface area contributed by atoms with Gasteiger partial charge < -0.3 is 0 Å². The van der Waals surface area contributed by atoms with Crippen molar-refractivity contribution in [3.8, 4) is 0 Å². The summed E-state index contributed by atoms with van der Waals surface area (Å²) < 4.78 is 284. The summed E-state index contributed by atoms with van der Waals surface area (Å²) in [6, 6.07) is 0. The van der Waals surface area contributed by atoms with Gasteiger partial charge in [0.15, 0.2) is 0 Å². The van der Waals surface area contributed by atoms with E-state index in [0.717, 1.165) is 0 Å². The van der Waals surface area contributed by atoms with Crippen LogP contribution >= 0.6 is 8.96 Å². The molecule has 0 fully saturated rings. The van der Waals surface area contributed by atoms with Crippen molar-refractivity contribution in [3.05, 3.63) is 86.5 Å². The summed E-state index contributed by atoms with van der Waals surface area (Å²) in [5.74, 6) is -44.5. The number of hydrogen-bond acceptors (Lipinski definition) is 0. The van der Waals surface area contributed by atoms with Crippen LogP contribution in [0.1, 0.15) is 16.7 Å². The van der Waals surface area contributed by atoms with E-state index in [2.05, 4.69) is 0 Å². The van der Waals surface area contributed by atoms with Crippen molar-refractivity contribution in [1.29, 1.82) is 0 Å². The van der Waals surface area contributed by atoms with E-state index in [1.807, 2.05) is 0 Å². The zero-order chi connectivity index (χ0) is 34.4. The van der Waals surface area contributed by atoms with E-state index < -0.39 is 133 Å². The maximum absolute atomic E-state index is 15.0. The van der Waals surface area contributed by atoms with Gasteiger partial charge in [0.25, 0.3) is 0 Å². The third kappa shape index (κ3) is 5.19. The van der Waals surface area contributed by atoms with Crippen molar-refractivity contribution >= 4 is 36.9 Å². The van der Waals surface area contributed by atoms with Crippen LogP contribution in [-0.4, -0.2) is 17.1 Å². The standard InChI is InChI=1S/C21ClF21Te/c22-44(16-10(29)4(23)1(19(35,36)37)5(24)11(16)30,17-12(31)6(25)2(20(38,39)40)7(26)13(17)32)18-14(33)8(27)3(21(41,42)43)9(28)15(18)34. The van der Waals surface area contributed by atoms with Gasteiger partial charge in [-0.25, -0.2) is 0 Å². The van der Waals surface area contributed by atoms with Crippen molar-refractivity contribution < 1.29 is 92.2 Å². The molecule has 0 bridgehead atoms. The molecular weight excluding hydrogens is 814 g/mol. The topological polar surface area (TPSA) is 0 Å². The molecule has 0 aliphatic rings. The van der Waals surface area contributed by atoms with Crippen LogP contribution in [0, 0.1) is 69.8 Å². The molecule has 0 aliphatic carbocycles. The summed E-state index contributed by atoms with van der Waals surface area (Å²) in [4.78, 5) is 0. The molecule has 0 unspecified atom stereocenters. The van der Waals surface area contributed by atoms with Crippen LogP contribution in [0.2, 0.25) is 0 Å². The number of halogens is 22. The molecule has 244 valence electrons. The van der Waals surface area contributed by atoms with Crippen molar-refractivity contribution in [2.75, 3.05) is 0 Å². The van der Waals surface area contributed by atoms with E-state index in [9.17, 15) is 65.9 Å². The summed E-state index contributed by atoms with van der Waals surface area (Å²) in [5.41, 5.74) is -10.7. The maximum atomic E-state index is 15.0. The summed E-state index contributed by atoms with van der Waals surface area (Å²) in [6.45, 7) is 0. The minimum absolute atomic E-state index is 3.31. The summed E-state index contributed by atoms with van der Waals surface area (Å²) in [5, 5.41) is 0. The van der Waals surface area contributed by atoms with Gasteiger partial charge >= 0.3 is 234 Å². The SMILES string of the molecule is Fc1c(F)c([Te](Cl)(c2c(F)c(F)c(C(F)(F)F)c(F)c2F)c2c(F)c(F)c(C(F)(F)F)c(F)c2F)c(F)c(F)c1C(F)(F)F. The Hall–Kier alpha value is -2.73. The van der Waals surface area contributed by atoms with Crippen LogP contribution in [0.25, 0.3) is 0 Å². The van der Waals surface area contributed by atoms with Gasteiger partial charge in [-0.1, -0.05) is 0 Å². The van der Waals surface area contributed by atoms with Crippen molar-refractivity contribution in [2.24, 2.45) is 0 Å². The predicted octanol–water partition coefficient (Wildman–Crippen LogP) is 7.62. The van der Waals surface area contributed by atoms with Crippen molar-refractivity contribution in [1.82, 2.24) is 0 Å². The molecule has 0 nitrogen and oxygen atoms in total. The normalized spacial score (nSPS) is 13.6. The van der Waals surface area contributed by atoms with Crippen LogP contribution < -0.4 is 10.8 Å². The fourth-order valence-electron chi connectivity index (χ4n) is 3.63. The van der Waals surface area contributed by atoms with E-state index >= 15 is 26.3 Å². The molecule has 0 radical (unpaired) electrons. The third-order valence-electron chi connectivity index (χ3n) is 5.36. The second-order valence-corrected chi connectivity index (χ2v) is 17.6. The Morgan fingerprint density at radius 2 is 0.432 bits per heavy atom. The molecule has 3 rings (SSSR count). The molecule has 0 saturated heterocycles. The molecular formula is C21ClF21Te. The van der Waals surface area contributed by atoms with Crippen LogP contribution in [0.3, 0.4) is 0 Å². The fourth-order valence-corrected chi connectivity index (χ4v) is 13.9. The van der Waals surface area contributed by atoms with Gasteiger partial charge in [0.2, 0.25) is 0 Å². The second kappa shape index (κ2) is 11.0. The van der Waals surface area contributed by atoms with Crippen molar-refractivity contribution in [2.45, 2.75) is 18.5 Å². The average molecular weight is 814 g/mol. The van der Waals surface area contributed by atoms with E-state index in [1.165, 1.54) is 0 Å². The van der Waals surface area contributed by atoms with Gasteiger partial charge in [-0.3, -0.25) is 0 Å². The Morgan fingerprint density at radius 3 is 0.545 bits per heavy atom. The van der Waals surface area contributed by atoms with Gasteiger partial charge in [0.1, 0.15) is 0 Å².